The maximum Gasteiger partial charge on any atom is 0.339 e. The summed E-state index contributed by atoms with van der Waals surface area (Å²) in [4.78, 5) is 16.5. The fourth-order valence-electron chi connectivity index (χ4n) is 2.68. The lowest BCUT2D eigenvalue weighted by atomic mass is 9.97. The Labute approximate surface area is 112 Å². The zero-order valence-electron chi connectivity index (χ0n) is 10.8. The molecule has 1 aromatic carbocycles. The molecule has 0 saturated heterocycles. The molecule has 1 heterocycles. The second kappa shape index (κ2) is 5.39. The van der Waals surface area contributed by atoms with Crippen LogP contribution in [0.4, 0.5) is 0 Å². The summed E-state index contributed by atoms with van der Waals surface area (Å²) < 4.78 is 5.62. The molecule has 0 N–H and O–H groups in total. The summed E-state index contributed by atoms with van der Waals surface area (Å²) in [6.07, 6.45) is 7.39. The van der Waals surface area contributed by atoms with Crippen molar-refractivity contribution in [2.45, 2.75) is 38.2 Å². The summed E-state index contributed by atoms with van der Waals surface area (Å²) >= 11 is 0. The first-order valence-corrected chi connectivity index (χ1v) is 6.89. The number of pyridine rings is 1. The van der Waals surface area contributed by atoms with Crippen LogP contribution in [0.5, 0.6) is 0 Å². The Morgan fingerprint density at radius 3 is 2.79 bits per heavy atom. The van der Waals surface area contributed by atoms with Crippen LogP contribution >= 0.6 is 0 Å². The third-order valence-electron chi connectivity index (χ3n) is 3.69. The summed E-state index contributed by atoms with van der Waals surface area (Å²) in [7, 11) is 0. The summed E-state index contributed by atoms with van der Waals surface area (Å²) in [6.45, 7) is 0. The van der Waals surface area contributed by atoms with E-state index in [0.29, 0.717) is 5.56 Å². The Morgan fingerprint density at radius 1 is 1.11 bits per heavy atom. The Hall–Kier alpha value is -1.90. The van der Waals surface area contributed by atoms with Gasteiger partial charge in [0.05, 0.1) is 11.1 Å². The molecule has 0 radical (unpaired) electrons. The molecule has 1 aliphatic rings. The van der Waals surface area contributed by atoms with Gasteiger partial charge in [-0.15, -0.1) is 0 Å². The number of aromatic nitrogens is 1. The van der Waals surface area contributed by atoms with Crippen molar-refractivity contribution >= 4 is 16.9 Å². The van der Waals surface area contributed by atoms with Crippen LogP contribution in [0.15, 0.2) is 36.5 Å². The van der Waals surface area contributed by atoms with Gasteiger partial charge in [0.25, 0.3) is 0 Å². The molecule has 19 heavy (non-hydrogen) atoms. The highest BCUT2D eigenvalue weighted by atomic mass is 16.5. The Morgan fingerprint density at radius 2 is 1.95 bits per heavy atom. The van der Waals surface area contributed by atoms with Crippen molar-refractivity contribution in [3.63, 3.8) is 0 Å². The third kappa shape index (κ3) is 2.60. The standard InChI is InChI=1S/C16H17NO2/c18-16(19-12-6-2-1-3-7-12)14-8-4-10-15-13(14)9-5-11-17-15/h4-5,8-12H,1-3,6-7H2. The minimum Gasteiger partial charge on any atom is -0.459 e. The van der Waals surface area contributed by atoms with Crippen LogP contribution < -0.4 is 0 Å². The van der Waals surface area contributed by atoms with Gasteiger partial charge in [0.2, 0.25) is 0 Å². The lowest BCUT2D eigenvalue weighted by molar-refractivity contribution is 0.0213. The number of benzene rings is 1. The van der Waals surface area contributed by atoms with E-state index in [0.717, 1.165) is 36.6 Å². The van der Waals surface area contributed by atoms with Crippen LogP contribution in [0.2, 0.25) is 0 Å². The lowest BCUT2D eigenvalue weighted by Crippen LogP contribution is -2.21. The van der Waals surface area contributed by atoms with Gasteiger partial charge in [0.15, 0.2) is 0 Å². The van der Waals surface area contributed by atoms with Crippen LogP contribution in [-0.2, 0) is 4.74 Å². The molecule has 0 unspecified atom stereocenters. The average molecular weight is 255 g/mol. The molecule has 0 spiro atoms. The maximum atomic E-state index is 12.3. The number of hydrogen-bond donors (Lipinski definition) is 0. The Balaban J connectivity index is 1.85. The predicted octanol–water partition coefficient (Wildman–Crippen LogP) is 3.72. The van der Waals surface area contributed by atoms with Gasteiger partial charge in [0.1, 0.15) is 6.10 Å². The minimum absolute atomic E-state index is 0.0909. The maximum absolute atomic E-state index is 12.3. The molecule has 1 aromatic heterocycles. The second-order valence-corrected chi connectivity index (χ2v) is 5.04. The molecule has 3 heteroatoms. The van der Waals surface area contributed by atoms with Crippen molar-refractivity contribution in [2.24, 2.45) is 0 Å². The molecular formula is C16H17NO2. The first kappa shape index (κ1) is 12.2. The van der Waals surface area contributed by atoms with Crippen LogP contribution in [0, 0.1) is 0 Å². The van der Waals surface area contributed by atoms with Crippen LogP contribution in [-0.4, -0.2) is 17.1 Å². The number of hydrogen-bond acceptors (Lipinski definition) is 3. The van der Waals surface area contributed by atoms with Crippen molar-refractivity contribution < 1.29 is 9.53 Å². The van der Waals surface area contributed by atoms with Gasteiger partial charge < -0.3 is 4.74 Å². The number of esters is 1. The van der Waals surface area contributed by atoms with Gasteiger partial charge >= 0.3 is 5.97 Å². The monoisotopic (exact) mass is 255 g/mol. The first-order valence-electron chi connectivity index (χ1n) is 6.89. The van der Waals surface area contributed by atoms with Gasteiger partial charge in [0, 0.05) is 11.6 Å². The molecule has 0 aliphatic heterocycles. The molecule has 1 saturated carbocycles. The molecular weight excluding hydrogens is 238 g/mol. The zero-order chi connectivity index (χ0) is 13.1. The van der Waals surface area contributed by atoms with E-state index >= 15 is 0 Å². The zero-order valence-corrected chi connectivity index (χ0v) is 10.8. The van der Waals surface area contributed by atoms with E-state index in [1.807, 2.05) is 30.3 Å². The third-order valence-corrected chi connectivity index (χ3v) is 3.69. The van der Waals surface area contributed by atoms with E-state index in [1.54, 1.807) is 6.20 Å². The number of fused-ring (bicyclic) bond motifs is 1. The Kier molecular flexibility index (Phi) is 3.45. The molecule has 3 nitrogen and oxygen atoms in total. The van der Waals surface area contributed by atoms with E-state index < -0.39 is 0 Å². The summed E-state index contributed by atoms with van der Waals surface area (Å²) in [5.41, 5.74) is 1.46. The molecule has 0 amide bonds. The molecule has 1 aliphatic carbocycles. The summed E-state index contributed by atoms with van der Waals surface area (Å²) in [5, 5.41) is 0.866. The summed E-state index contributed by atoms with van der Waals surface area (Å²) in [6, 6.07) is 9.34. The SMILES string of the molecule is O=C(OC1CCCCC1)c1cccc2ncccc12. The van der Waals surface area contributed by atoms with Crippen molar-refractivity contribution in [3.8, 4) is 0 Å². The highest BCUT2D eigenvalue weighted by Crippen LogP contribution is 2.23. The van der Waals surface area contributed by atoms with Crippen LogP contribution in [0.1, 0.15) is 42.5 Å². The Bertz CT molecular complexity index is 583. The summed E-state index contributed by atoms with van der Waals surface area (Å²) in [5.74, 6) is -0.217. The molecule has 0 atom stereocenters. The van der Waals surface area contributed by atoms with Crippen molar-refractivity contribution in [3.05, 3.63) is 42.1 Å². The number of ether oxygens (including phenoxy) is 1. The van der Waals surface area contributed by atoms with Crippen molar-refractivity contribution in [1.82, 2.24) is 4.98 Å². The van der Waals surface area contributed by atoms with E-state index in [4.69, 9.17) is 4.74 Å². The molecule has 2 aromatic rings. The van der Waals surface area contributed by atoms with Crippen molar-refractivity contribution in [1.29, 1.82) is 0 Å². The van der Waals surface area contributed by atoms with Gasteiger partial charge in [-0.3, -0.25) is 4.98 Å². The molecule has 3 rings (SSSR count). The normalized spacial score (nSPS) is 16.4. The smallest absolute Gasteiger partial charge is 0.339 e. The molecule has 98 valence electrons. The van der Waals surface area contributed by atoms with Crippen LogP contribution in [0.3, 0.4) is 0 Å². The highest BCUT2D eigenvalue weighted by molar-refractivity contribution is 6.03. The number of rotatable bonds is 2. The quantitative estimate of drug-likeness (QED) is 0.768. The number of carbonyl (C=O) groups is 1. The highest BCUT2D eigenvalue weighted by Gasteiger charge is 2.19. The fraction of sp³-hybridized carbons (Fsp3) is 0.375. The second-order valence-electron chi connectivity index (χ2n) is 5.04. The molecule has 1 fully saturated rings. The fourth-order valence-corrected chi connectivity index (χ4v) is 2.68. The van der Waals surface area contributed by atoms with E-state index in [9.17, 15) is 4.79 Å². The first-order chi connectivity index (χ1) is 9.34. The predicted molar refractivity (Wildman–Crippen MR) is 74.0 cm³/mol. The van der Waals surface area contributed by atoms with E-state index in [-0.39, 0.29) is 12.1 Å². The number of nitrogens with zero attached hydrogens (tertiary/aromatic N) is 1. The average Bonchev–Trinajstić information content (AvgIpc) is 2.47. The van der Waals surface area contributed by atoms with E-state index in [2.05, 4.69) is 4.98 Å². The van der Waals surface area contributed by atoms with Gasteiger partial charge in [-0.2, -0.15) is 0 Å². The topological polar surface area (TPSA) is 39.2 Å². The van der Waals surface area contributed by atoms with Gasteiger partial charge in [-0.25, -0.2) is 4.79 Å². The van der Waals surface area contributed by atoms with Crippen molar-refractivity contribution in [2.75, 3.05) is 0 Å². The lowest BCUT2D eigenvalue weighted by Gasteiger charge is -2.22. The number of carbonyl (C=O) groups excluding carboxylic acids is 1. The van der Waals surface area contributed by atoms with Gasteiger partial charge in [-0.1, -0.05) is 18.6 Å². The largest absolute Gasteiger partial charge is 0.459 e. The van der Waals surface area contributed by atoms with E-state index in [1.165, 1.54) is 6.42 Å². The van der Waals surface area contributed by atoms with Gasteiger partial charge in [-0.05, 0) is 43.9 Å². The minimum atomic E-state index is -0.217. The molecule has 0 bridgehead atoms. The van der Waals surface area contributed by atoms with Crippen LogP contribution in [0.25, 0.3) is 10.9 Å².